The van der Waals surface area contributed by atoms with Gasteiger partial charge in [0.15, 0.2) is 0 Å². The summed E-state index contributed by atoms with van der Waals surface area (Å²) in [7, 11) is 1.96. The molecular weight excluding hydrogens is 396 g/mol. The zero-order valence-corrected chi connectivity index (χ0v) is 19.5. The van der Waals surface area contributed by atoms with Gasteiger partial charge in [-0.25, -0.2) is 0 Å². The van der Waals surface area contributed by atoms with E-state index >= 15 is 0 Å². The molecule has 1 amide bonds. The lowest BCUT2D eigenvalue weighted by Crippen LogP contribution is -2.45. The standard InChI is InChI=1S/C28H38N2O2/c1-29(27(31)25-12-6-3-7-13-25)26-15-14-24(21-26)22-30-19-17-28(32,18-20-30)16-8-11-23-9-4-2-5-10-23/h2-7,9-10,12-13,24,26,32H,8,11,14-22H2,1H3/t24-,26?/m1/s1. The smallest absolute Gasteiger partial charge is 0.253 e. The Balaban J connectivity index is 1.18. The molecule has 1 unspecified atom stereocenters. The van der Waals surface area contributed by atoms with Crippen LogP contribution in [0.25, 0.3) is 0 Å². The van der Waals surface area contributed by atoms with Crippen molar-refractivity contribution in [3.8, 4) is 0 Å². The summed E-state index contributed by atoms with van der Waals surface area (Å²) in [4.78, 5) is 17.3. The van der Waals surface area contributed by atoms with E-state index in [0.717, 1.165) is 70.1 Å². The number of amides is 1. The summed E-state index contributed by atoms with van der Waals surface area (Å²) >= 11 is 0. The third-order valence-corrected chi connectivity index (χ3v) is 7.66. The van der Waals surface area contributed by atoms with Gasteiger partial charge in [-0.1, -0.05) is 48.5 Å². The normalized spacial score (nSPS) is 23.2. The minimum absolute atomic E-state index is 0.134. The average Bonchev–Trinajstić information content (AvgIpc) is 3.29. The minimum atomic E-state index is -0.494. The van der Waals surface area contributed by atoms with Gasteiger partial charge < -0.3 is 14.9 Å². The zero-order chi connectivity index (χ0) is 22.4. The van der Waals surface area contributed by atoms with Gasteiger partial charge in [0.2, 0.25) is 0 Å². The predicted octanol–water partition coefficient (Wildman–Crippen LogP) is 4.78. The molecule has 2 fully saturated rings. The molecule has 0 spiro atoms. The van der Waals surface area contributed by atoms with Crippen molar-refractivity contribution in [2.75, 3.05) is 26.7 Å². The Morgan fingerprint density at radius 1 is 1.03 bits per heavy atom. The van der Waals surface area contributed by atoms with Gasteiger partial charge in [0.1, 0.15) is 0 Å². The minimum Gasteiger partial charge on any atom is -0.390 e. The Morgan fingerprint density at radius 3 is 2.38 bits per heavy atom. The SMILES string of the molecule is CN(C(=O)c1ccccc1)C1CC[C@@H](CN2CCC(O)(CCCc3ccccc3)CC2)C1. The summed E-state index contributed by atoms with van der Waals surface area (Å²) in [6.45, 7) is 3.08. The molecule has 4 rings (SSSR count). The maximum Gasteiger partial charge on any atom is 0.253 e. The number of aliphatic hydroxyl groups is 1. The Hall–Kier alpha value is -2.17. The number of hydrogen-bond donors (Lipinski definition) is 1. The number of likely N-dealkylation sites (tertiary alicyclic amines) is 1. The summed E-state index contributed by atoms with van der Waals surface area (Å²) in [6, 6.07) is 20.5. The Kier molecular flexibility index (Phi) is 7.64. The van der Waals surface area contributed by atoms with E-state index in [1.807, 2.05) is 42.3 Å². The molecule has 172 valence electrons. The third-order valence-electron chi connectivity index (χ3n) is 7.66. The number of aryl methyl sites for hydroxylation is 1. The molecule has 1 aliphatic carbocycles. The largest absolute Gasteiger partial charge is 0.390 e. The van der Waals surface area contributed by atoms with Crippen LogP contribution in [0.3, 0.4) is 0 Å². The highest BCUT2D eigenvalue weighted by Crippen LogP contribution is 2.33. The monoisotopic (exact) mass is 434 g/mol. The fourth-order valence-corrected chi connectivity index (χ4v) is 5.55. The van der Waals surface area contributed by atoms with Gasteiger partial charge in [0.25, 0.3) is 5.91 Å². The van der Waals surface area contributed by atoms with Crippen molar-refractivity contribution in [1.29, 1.82) is 0 Å². The predicted molar refractivity (Wildman–Crippen MR) is 130 cm³/mol. The van der Waals surface area contributed by atoms with Gasteiger partial charge in [0.05, 0.1) is 5.60 Å². The van der Waals surface area contributed by atoms with Crippen molar-refractivity contribution in [1.82, 2.24) is 9.80 Å². The number of rotatable bonds is 8. The fourth-order valence-electron chi connectivity index (χ4n) is 5.55. The molecule has 4 heteroatoms. The average molecular weight is 435 g/mol. The maximum absolute atomic E-state index is 12.8. The van der Waals surface area contributed by atoms with Gasteiger partial charge in [-0.15, -0.1) is 0 Å². The highest BCUT2D eigenvalue weighted by atomic mass is 16.3. The summed E-state index contributed by atoms with van der Waals surface area (Å²) < 4.78 is 0. The van der Waals surface area contributed by atoms with Crippen LogP contribution < -0.4 is 0 Å². The molecule has 1 saturated carbocycles. The first-order valence-corrected chi connectivity index (χ1v) is 12.3. The van der Waals surface area contributed by atoms with Crippen molar-refractivity contribution in [2.24, 2.45) is 5.92 Å². The summed E-state index contributed by atoms with van der Waals surface area (Å²) in [5, 5.41) is 11.0. The van der Waals surface area contributed by atoms with Gasteiger partial charge in [-0.3, -0.25) is 4.79 Å². The van der Waals surface area contributed by atoms with Crippen LogP contribution in [0, 0.1) is 5.92 Å². The van der Waals surface area contributed by atoms with E-state index in [-0.39, 0.29) is 5.91 Å². The highest BCUT2D eigenvalue weighted by Gasteiger charge is 2.35. The van der Waals surface area contributed by atoms with E-state index in [1.54, 1.807) is 0 Å². The van der Waals surface area contributed by atoms with Gasteiger partial charge in [-0.05, 0) is 75.0 Å². The molecule has 1 N–H and O–H groups in total. The van der Waals surface area contributed by atoms with Crippen LogP contribution in [-0.4, -0.2) is 59.1 Å². The molecule has 0 bridgehead atoms. The highest BCUT2D eigenvalue weighted by molar-refractivity contribution is 5.94. The molecule has 1 saturated heterocycles. The quantitative estimate of drug-likeness (QED) is 0.650. The molecule has 1 heterocycles. The summed E-state index contributed by atoms with van der Waals surface area (Å²) in [5.41, 5.74) is 1.65. The van der Waals surface area contributed by atoms with Crippen LogP contribution in [0.1, 0.15) is 60.9 Å². The second-order valence-corrected chi connectivity index (χ2v) is 9.98. The number of benzene rings is 2. The topological polar surface area (TPSA) is 43.8 Å². The lowest BCUT2D eigenvalue weighted by atomic mass is 9.85. The van der Waals surface area contributed by atoms with E-state index in [4.69, 9.17) is 0 Å². The first kappa shape index (κ1) is 23.0. The Morgan fingerprint density at radius 2 is 1.69 bits per heavy atom. The van der Waals surface area contributed by atoms with E-state index < -0.39 is 5.60 Å². The molecular formula is C28H38N2O2. The van der Waals surface area contributed by atoms with E-state index in [9.17, 15) is 9.90 Å². The molecule has 2 atom stereocenters. The number of carbonyl (C=O) groups is 1. The Labute approximate surface area is 193 Å². The number of carbonyl (C=O) groups excluding carboxylic acids is 1. The van der Waals surface area contributed by atoms with Crippen molar-refractivity contribution in [3.63, 3.8) is 0 Å². The lowest BCUT2D eigenvalue weighted by molar-refractivity contribution is -0.0315. The van der Waals surface area contributed by atoms with Crippen LogP contribution in [0.5, 0.6) is 0 Å². The third kappa shape index (κ3) is 5.99. The van der Waals surface area contributed by atoms with Gasteiger partial charge in [0, 0.05) is 38.3 Å². The van der Waals surface area contributed by atoms with Gasteiger partial charge in [-0.2, -0.15) is 0 Å². The van der Waals surface area contributed by atoms with Crippen molar-refractivity contribution < 1.29 is 9.90 Å². The molecule has 0 radical (unpaired) electrons. The molecule has 32 heavy (non-hydrogen) atoms. The van der Waals surface area contributed by atoms with E-state index in [2.05, 4.69) is 35.2 Å². The van der Waals surface area contributed by atoms with Crippen LogP contribution in [-0.2, 0) is 6.42 Å². The number of piperidine rings is 1. The van der Waals surface area contributed by atoms with Crippen molar-refractivity contribution >= 4 is 5.91 Å². The Bertz CT molecular complexity index is 846. The lowest BCUT2D eigenvalue weighted by Gasteiger charge is -2.39. The molecule has 2 aliphatic rings. The van der Waals surface area contributed by atoms with Crippen LogP contribution in [0.2, 0.25) is 0 Å². The summed E-state index contributed by atoms with van der Waals surface area (Å²) in [5.74, 6) is 0.782. The fraction of sp³-hybridized carbons (Fsp3) is 0.536. The number of hydrogen-bond acceptors (Lipinski definition) is 3. The van der Waals surface area contributed by atoms with Crippen molar-refractivity contribution in [3.05, 3.63) is 71.8 Å². The maximum atomic E-state index is 12.8. The van der Waals surface area contributed by atoms with E-state index in [1.165, 1.54) is 12.0 Å². The van der Waals surface area contributed by atoms with Crippen LogP contribution in [0.15, 0.2) is 60.7 Å². The van der Waals surface area contributed by atoms with Crippen LogP contribution in [0.4, 0.5) is 0 Å². The second-order valence-electron chi connectivity index (χ2n) is 9.98. The molecule has 2 aromatic carbocycles. The molecule has 2 aromatic rings. The molecule has 1 aliphatic heterocycles. The first-order chi connectivity index (χ1) is 15.5. The van der Waals surface area contributed by atoms with Crippen molar-refractivity contribution in [2.45, 2.75) is 63.0 Å². The molecule has 4 nitrogen and oxygen atoms in total. The summed E-state index contributed by atoms with van der Waals surface area (Å²) in [6.07, 6.45) is 8.12. The zero-order valence-electron chi connectivity index (χ0n) is 19.5. The molecule has 0 aromatic heterocycles. The van der Waals surface area contributed by atoms with E-state index in [0.29, 0.717) is 12.0 Å². The second kappa shape index (κ2) is 10.6. The van der Waals surface area contributed by atoms with Crippen LogP contribution >= 0.6 is 0 Å². The first-order valence-electron chi connectivity index (χ1n) is 12.3. The van der Waals surface area contributed by atoms with Gasteiger partial charge >= 0.3 is 0 Å². The number of nitrogens with zero attached hydrogens (tertiary/aromatic N) is 2.